The van der Waals surface area contributed by atoms with Gasteiger partial charge in [0.25, 0.3) is 5.91 Å². The highest BCUT2D eigenvalue weighted by Gasteiger charge is 2.11. The zero-order valence-corrected chi connectivity index (χ0v) is 12.8. The van der Waals surface area contributed by atoms with Gasteiger partial charge in [-0.1, -0.05) is 11.6 Å². The van der Waals surface area contributed by atoms with E-state index in [1.165, 1.54) is 0 Å². The first-order valence-electron chi connectivity index (χ1n) is 6.51. The largest absolute Gasteiger partial charge is 0.483 e. The fourth-order valence-electron chi connectivity index (χ4n) is 2.04. The van der Waals surface area contributed by atoms with Gasteiger partial charge in [-0.05, 0) is 49.2 Å². The van der Waals surface area contributed by atoms with Crippen molar-refractivity contribution < 1.29 is 18.3 Å². The molecular weight excluding hydrogens is 312 g/mol. The normalized spacial score (nSPS) is 10.4. The van der Waals surface area contributed by atoms with E-state index in [4.69, 9.17) is 16.3 Å². The second-order valence-corrected chi connectivity index (χ2v) is 5.27. The fourth-order valence-corrected chi connectivity index (χ4v) is 2.37. The summed E-state index contributed by atoms with van der Waals surface area (Å²) in [6.07, 6.45) is 0. The number of aryl methyl sites for hydroxylation is 2. The highest BCUT2D eigenvalue weighted by molar-refractivity contribution is 6.30. The van der Waals surface area contributed by atoms with Crippen LogP contribution in [0.25, 0.3) is 0 Å². The lowest BCUT2D eigenvalue weighted by Gasteiger charge is -2.13. The molecule has 0 heterocycles. The topological polar surface area (TPSA) is 38.3 Å². The van der Waals surface area contributed by atoms with Crippen molar-refractivity contribution in [3.63, 3.8) is 0 Å². The van der Waals surface area contributed by atoms with Gasteiger partial charge in [0.2, 0.25) is 0 Å². The molecule has 0 aliphatic carbocycles. The number of rotatable bonds is 4. The molecule has 3 nitrogen and oxygen atoms in total. The van der Waals surface area contributed by atoms with E-state index in [-0.39, 0.29) is 12.3 Å². The number of halogens is 3. The van der Waals surface area contributed by atoms with E-state index in [9.17, 15) is 13.6 Å². The van der Waals surface area contributed by atoms with Crippen LogP contribution in [0.2, 0.25) is 5.02 Å². The molecule has 0 aliphatic heterocycles. The number of hydrogen-bond donors (Lipinski definition) is 1. The predicted molar refractivity (Wildman–Crippen MR) is 81.4 cm³/mol. The molecule has 22 heavy (non-hydrogen) atoms. The third kappa shape index (κ3) is 3.95. The Hall–Kier alpha value is -2.14. The van der Waals surface area contributed by atoms with Crippen molar-refractivity contribution in [1.29, 1.82) is 0 Å². The highest BCUT2D eigenvalue weighted by atomic mass is 35.5. The lowest BCUT2D eigenvalue weighted by Crippen LogP contribution is -2.21. The van der Waals surface area contributed by atoms with Gasteiger partial charge < -0.3 is 10.1 Å². The Morgan fingerprint density at radius 2 is 1.82 bits per heavy atom. The Balaban J connectivity index is 2.02. The molecule has 0 aliphatic rings. The lowest BCUT2D eigenvalue weighted by molar-refractivity contribution is -0.118. The lowest BCUT2D eigenvalue weighted by atomic mass is 10.1. The van der Waals surface area contributed by atoms with Crippen molar-refractivity contribution in [2.75, 3.05) is 11.9 Å². The number of benzene rings is 2. The average molecular weight is 326 g/mol. The van der Waals surface area contributed by atoms with E-state index >= 15 is 0 Å². The average Bonchev–Trinajstić information content (AvgIpc) is 2.40. The van der Waals surface area contributed by atoms with Crippen LogP contribution in [0.4, 0.5) is 14.5 Å². The van der Waals surface area contributed by atoms with Crippen LogP contribution in [0.1, 0.15) is 11.1 Å². The zero-order valence-electron chi connectivity index (χ0n) is 12.0. The quantitative estimate of drug-likeness (QED) is 0.912. The Morgan fingerprint density at radius 3 is 2.41 bits per heavy atom. The summed E-state index contributed by atoms with van der Waals surface area (Å²) in [5.74, 6) is -1.54. The smallest absolute Gasteiger partial charge is 0.262 e. The van der Waals surface area contributed by atoms with E-state index in [0.717, 1.165) is 23.3 Å². The number of amides is 1. The second-order valence-electron chi connectivity index (χ2n) is 4.83. The minimum atomic E-state index is -0.841. The Morgan fingerprint density at radius 1 is 1.18 bits per heavy atom. The Bertz CT molecular complexity index is 696. The van der Waals surface area contributed by atoms with Crippen LogP contribution in [0.15, 0.2) is 30.3 Å². The fraction of sp³-hybridized carbons (Fsp3) is 0.188. The van der Waals surface area contributed by atoms with Crippen molar-refractivity contribution in [3.05, 3.63) is 58.1 Å². The minimum Gasteiger partial charge on any atom is -0.483 e. The number of ether oxygens (including phenoxy) is 1. The van der Waals surface area contributed by atoms with Crippen LogP contribution in [0.5, 0.6) is 5.75 Å². The summed E-state index contributed by atoms with van der Waals surface area (Å²) < 4.78 is 31.7. The third-order valence-corrected chi connectivity index (χ3v) is 3.20. The molecule has 0 radical (unpaired) electrons. The van der Waals surface area contributed by atoms with E-state index in [1.54, 1.807) is 12.1 Å². The van der Waals surface area contributed by atoms with E-state index in [2.05, 4.69) is 5.32 Å². The highest BCUT2D eigenvalue weighted by Crippen LogP contribution is 2.27. The Labute approximate surface area is 131 Å². The maximum atomic E-state index is 13.4. The Kier molecular flexibility index (Phi) is 4.98. The van der Waals surface area contributed by atoms with Crippen molar-refractivity contribution >= 4 is 23.2 Å². The van der Waals surface area contributed by atoms with Gasteiger partial charge in [-0.25, -0.2) is 8.78 Å². The zero-order chi connectivity index (χ0) is 16.3. The van der Waals surface area contributed by atoms with Gasteiger partial charge in [0.1, 0.15) is 17.4 Å². The van der Waals surface area contributed by atoms with Crippen LogP contribution >= 0.6 is 11.6 Å². The summed E-state index contributed by atoms with van der Waals surface area (Å²) in [7, 11) is 0. The first-order valence-corrected chi connectivity index (χ1v) is 6.89. The second kappa shape index (κ2) is 6.75. The molecule has 0 aromatic heterocycles. The van der Waals surface area contributed by atoms with E-state index in [1.807, 2.05) is 13.8 Å². The first-order chi connectivity index (χ1) is 10.4. The van der Waals surface area contributed by atoms with Crippen LogP contribution in [-0.2, 0) is 4.79 Å². The van der Waals surface area contributed by atoms with Gasteiger partial charge in [-0.15, -0.1) is 0 Å². The molecule has 0 bridgehead atoms. The first kappa shape index (κ1) is 16.2. The summed E-state index contributed by atoms with van der Waals surface area (Å²) in [4.78, 5) is 11.8. The molecular formula is C16H14ClF2NO2. The molecule has 2 rings (SSSR count). The van der Waals surface area contributed by atoms with Gasteiger partial charge >= 0.3 is 0 Å². The number of carbonyl (C=O) groups is 1. The summed E-state index contributed by atoms with van der Waals surface area (Å²) in [5, 5.41) is 2.91. The molecule has 0 saturated heterocycles. The molecule has 1 amide bonds. The van der Waals surface area contributed by atoms with Crippen molar-refractivity contribution in [1.82, 2.24) is 0 Å². The number of carbonyl (C=O) groups excluding carboxylic acids is 1. The summed E-state index contributed by atoms with van der Waals surface area (Å²) in [6.45, 7) is 3.33. The van der Waals surface area contributed by atoms with Crippen LogP contribution in [0.3, 0.4) is 0 Å². The van der Waals surface area contributed by atoms with E-state index in [0.29, 0.717) is 16.8 Å². The van der Waals surface area contributed by atoms with Crippen molar-refractivity contribution in [2.45, 2.75) is 13.8 Å². The molecule has 2 aromatic carbocycles. The standard InChI is InChI=1S/C16H14ClF2NO2/c1-9-5-11(17)6-10(2)16(9)22-8-15(21)20-14-4-3-12(18)7-13(14)19/h3-7H,8H2,1-2H3,(H,20,21). The van der Waals surface area contributed by atoms with Crippen LogP contribution in [0, 0.1) is 25.5 Å². The molecule has 1 N–H and O–H groups in total. The molecule has 6 heteroatoms. The number of nitrogens with one attached hydrogen (secondary N) is 1. The van der Waals surface area contributed by atoms with Crippen molar-refractivity contribution in [3.8, 4) is 5.75 Å². The summed E-state index contributed by atoms with van der Waals surface area (Å²) >= 11 is 5.92. The van der Waals surface area contributed by atoms with E-state index < -0.39 is 17.5 Å². The van der Waals surface area contributed by atoms with Gasteiger partial charge in [0.15, 0.2) is 6.61 Å². The predicted octanol–water partition coefficient (Wildman–Crippen LogP) is 4.25. The SMILES string of the molecule is Cc1cc(Cl)cc(C)c1OCC(=O)Nc1ccc(F)cc1F. The molecule has 0 fully saturated rings. The molecule has 116 valence electrons. The monoisotopic (exact) mass is 325 g/mol. The summed E-state index contributed by atoms with van der Waals surface area (Å²) in [6, 6.07) is 6.36. The maximum absolute atomic E-state index is 13.4. The number of hydrogen-bond acceptors (Lipinski definition) is 2. The van der Waals surface area contributed by atoms with Crippen LogP contribution in [-0.4, -0.2) is 12.5 Å². The summed E-state index contributed by atoms with van der Waals surface area (Å²) in [5.41, 5.74) is 1.50. The van der Waals surface area contributed by atoms with Crippen molar-refractivity contribution in [2.24, 2.45) is 0 Å². The molecule has 2 aromatic rings. The van der Waals surface area contributed by atoms with Gasteiger partial charge in [-0.3, -0.25) is 4.79 Å². The molecule has 0 atom stereocenters. The van der Waals surface area contributed by atoms with Gasteiger partial charge in [0, 0.05) is 11.1 Å². The number of anilines is 1. The van der Waals surface area contributed by atoms with Gasteiger partial charge in [-0.2, -0.15) is 0 Å². The molecule has 0 saturated carbocycles. The third-order valence-electron chi connectivity index (χ3n) is 2.98. The maximum Gasteiger partial charge on any atom is 0.262 e. The molecule has 0 spiro atoms. The van der Waals surface area contributed by atoms with Gasteiger partial charge in [0.05, 0.1) is 5.69 Å². The molecule has 0 unspecified atom stereocenters. The minimum absolute atomic E-state index is 0.0976. The van der Waals surface area contributed by atoms with Crippen LogP contribution < -0.4 is 10.1 Å².